The molecule has 258 valence electrons. The highest BCUT2D eigenvalue weighted by atomic mass is 32.1. The molecule has 0 radical (unpaired) electrons. The molecule has 0 amide bonds. The topological polar surface area (TPSA) is 4.41 Å². The average Bonchev–Trinajstić information content (AvgIpc) is 3.75. The third kappa shape index (κ3) is 3.97. The second kappa shape index (κ2) is 11.3. The largest absolute Gasteiger partial charge is 0.305 e. The number of aryl methyl sites for hydroxylation is 1. The van der Waals surface area contributed by atoms with Gasteiger partial charge in [0.2, 0.25) is 0 Å². The first-order chi connectivity index (χ1) is 27.2. The summed E-state index contributed by atoms with van der Waals surface area (Å²) in [6.45, 7) is 6.08. The predicted octanol–water partition coefficient (Wildman–Crippen LogP) is 16.0. The van der Waals surface area contributed by atoms with Crippen molar-refractivity contribution in [1.29, 1.82) is 0 Å². The highest BCUT2D eigenvalue weighted by Gasteiger charge is 2.27. The number of hydrogen-bond donors (Lipinski definition) is 0. The van der Waals surface area contributed by atoms with E-state index in [1.807, 2.05) is 43.4 Å². The Morgan fingerprint density at radius 3 is 1.16 bits per heavy atom. The number of fused-ring (bicyclic) bond motifs is 8. The van der Waals surface area contributed by atoms with E-state index in [0.717, 1.165) is 0 Å². The molecule has 11 aromatic carbocycles. The molecule has 0 aliphatic carbocycles. The van der Waals surface area contributed by atoms with Gasteiger partial charge in [-0.3, -0.25) is 0 Å². The quantitative estimate of drug-likeness (QED) is 0.118. The maximum Gasteiger partial charge on any atom is 0.0720 e. The van der Waals surface area contributed by atoms with Crippen LogP contribution in [0, 0.1) is 6.92 Å². The van der Waals surface area contributed by atoms with E-state index in [9.17, 15) is 0 Å². The van der Waals surface area contributed by atoms with Crippen LogP contribution in [0.15, 0.2) is 158 Å². The summed E-state index contributed by atoms with van der Waals surface area (Å²) in [5, 5.41) is 21.8. The molecule has 0 spiro atoms. The summed E-state index contributed by atoms with van der Waals surface area (Å²) in [4.78, 5) is 0. The lowest BCUT2D eigenvalue weighted by molar-refractivity contribution is 1.36. The summed E-state index contributed by atoms with van der Waals surface area (Å²) in [5.41, 5.74) is 7.91. The minimum absolute atomic E-state index is 1.25. The lowest BCUT2D eigenvalue weighted by Gasteiger charge is -2.24. The van der Waals surface area contributed by atoms with Gasteiger partial charge >= 0.3 is 0 Å². The van der Waals surface area contributed by atoms with Crippen LogP contribution in [-0.4, -0.2) is 4.40 Å². The normalized spacial score (nSPS) is 12.3. The van der Waals surface area contributed by atoms with E-state index in [0.29, 0.717) is 0 Å². The number of pyridine rings is 2. The van der Waals surface area contributed by atoms with Crippen LogP contribution in [0.3, 0.4) is 0 Å². The van der Waals surface area contributed by atoms with Crippen LogP contribution >= 0.6 is 11.3 Å². The van der Waals surface area contributed by atoms with Crippen LogP contribution in [0.1, 0.15) is 19.4 Å². The van der Waals surface area contributed by atoms with Gasteiger partial charge in [-0.1, -0.05) is 153 Å². The molecule has 3 aromatic heterocycles. The minimum Gasteiger partial charge on any atom is -0.305 e. The van der Waals surface area contributed by atoms with Crippen molar-refractivity contribution >= 4 is 123 Å². The Hall–Kier alpha value is -6.48. The van der Waals surface area contributed by atoms with E-state index in [2.05, 4.69) is 151 Å². The van der Waals surface area contributed by atoms with Crippen LogP contribution < -0.4 is 0 Å². The van der Waals surface area contributed by atoms with Crippen molar-refractivity contribution in [3.8, 4) is 11.1 Å². The Bertz CT molecular complexity index is 3520. The van der Waals surface area contributed by atoms with Crippen molar-refractivity contribution in [3.63, 3.8) is 0 Å². The second-order valence-electron chi connectivity index (χ2n) is 14.8. The fourth-order valence-electron chi connectivity index (χ4n) is 9.95. The summed E-state index contributed by atoms with van der Waals surface area (Å²) >= 11 is 1.97. The highest BCUT2D eigenvalue weighted by Crippen LogP contribution is 2.53. The van der Waals surface area contributed by atoms with Crippen LogP contribution in [0.25, 0.3) is 123 Å². The molecule has 55 heavy (non-hydrogen) atoms. The molecule has 0 bridgehead atoms. The fourth-order valence-corrected chi connectivity index (χ4v) is 11.1. The van der Waals surface area contributed by atoms with E-state index < -0.39 is 0 Å². The highest BCUT2D eigenvalue weighted by molar-refractivity contribution is 7.24. The van der Waals surface area contributed by atoms with E-state index in [1.54, 1.807) is 0 Å². The zero-order valence-corrected chi connectivity index (χ0v) is 31.7. The monoisotopic (exact) mass is 717 g/mol. The molecule has 0 N–H and O–H groups in total. The van der Waals surface area contributed by atoms with E-state index >= 15 is 0 Å². The zero-order chi connectivity index (χ0) is 36.5. The smallest absolute Gasteiger partial charge is 0.0720 e. The number of benzene rings is 9. The van der Waals surface area contributed by atoms with E-state index in [-0.39, 0.29) is 0 Å². The summed E-state index contributed by atoms with van der Waals surface area (Å²) in [6, 6.07) is 58.6. The molecule has 14 aromatic rings. The molecular weight excluding hydrogens is 683 g/mol. The molecule has 0 aliphatic heterocycles. The van der Waals surface area contributed by atoms with Crippen molar-refractivity contribution in [2.24, 2.45) is 0 Å². The van der Waals surface area contributed by atoms with Gasteiger partial charge in [0.05, 0.1) is 25.9 Å². The Morgan fingerprint density at radius 1 is 0.327 bits per heavy atom. The number of aromatic nitrogens is 1. The lowest BCUT2D eigenvalue weighted by Crippen LogP contribution is -2.02. The van der Waals surface area contributed by atoms with Crippen molar-refractivity contribution in [2.75, 3.05) is 0 Å². The zero-order valence-electron chi connectivity index (χ0n) is 30.9. The number of rotatable bonds is 1. The fraction of sp³-hybridized carbons (Fsp3) is 0.0566. The molecule has 14 rings (SSSR count). The van der Waals surface area contributed by atoms with Crippen LogP contribution in [0.4, 0.5) is 0 Å². The average molecular weight is 718 g/mol. The molecule has 2 heteroatoms. The maximum absolute atomic E-state index is 2.68. The van der Waals surface area contributed by atoms with Gasteiger partial charge in [0.1, 0.15) is 0 Å². The van der Waals surface area contributed by atoms with Crippen molar-refractivity contribution in [2.45, 2.75) is 20.8 Å². The first-order valence-electron chi connectivity index (χ1n) is 19.4. The summed E-state index contributed by atoms with van der Waals surface area (Å²) in [6.07, 6.45) is 0. The molecule has 0 unspecified atom stereocenters. The Balaban J connectivity index is 0.000000336. The standard InChI is InChI=1S/C44H21NS.C7H8.C2H6/c1-2-8-22(9-3-1)23-18-34-30-16-14-28-24-10-4-6-12-26(24)32-20-36-43(40(30)38(28)32)45-42(34)35(19-23)31-17-15-29-25-11-5-7-13-27(25)33-21-37(46-36)44(45)41(31)39(29)33;1-7-5-3-2-4-6-7;1-2/h1-21H;2-6H,1H3;1-2H3. The molecule has 0 saturated heterocycles. The van der Waals surface area contributed by atoms with Crippen molar-refractivity contribution in [3.05, 3.63) is 163 Å². The molecular formula is C53H35NS. The van der Waals surface area contributed by atoms with Gasteiger partial charge in [-0.05, 0) is 96.2 Å². The summed E-state index contributed by atoms with van der Waals surface area (Å²) in [5.74, 6) is 0. The number of hydrogen-bond acceptors (Lipinski definition) is 1. The third-order valence-corrected chi connectivity index (χ3v) is 13.1. The van der Waals surface area contributed by atoms with Gasteiger partial charge in [0.15, 0.2) is 0 Å². The Labute approximate surface area is 321 Å². The summed E-state index contributed by atoms with van der Waals surface area (Å²) < 4.78 is 5.39. The van der Waals surface area contributed by atoms with E-state index in [1.165, 1.54) is 129 Å². The van der Waals surface area contributed by atoms with Crippen LogP contribution in [0.2, 0.25) is 0 Å². The first kappa shape index (κ1) is 30.9. The minimum atomic E-state index is 1.25. The SMILES string of the molecule is CC.Cc1ccccc1.c1ccc(-c2cc3c4ccc5c6ccccc6c6cc7sc8cc9c%10ccccc%10c%10ccc%11c(c2)c3n(c7c4c56)c8c%11c%109)cc1. The van der Waals surface area contributed by atoms with Gasteiger partial charge in [-0.25, -0.2) is 0 Å². The van der Waals surface area contributed by atoms with Crippen LogP contribution in [0.5, 0.6) is 0 Å². The van der Waals surface area contributed by atoms with Crippen LogP contribution in [-0.2, 0) is 0 Å². The summed E-state index contributed by atoms with van der Waals surface area (Å²) in [7, 11) is 0. The lowest BCUT2D eigenvalue weighted by atomic mass is 9.90. The van der Waals surface area contributed by atoms with Gasteiger partial charge in [0, 0.05) is 32.3 Å². The van der Waals surface area contributed by atoms with Gasteiger partial charge in [-0.2, -0.15) is 0 Å². The molecule has 3 heterocycles. The van der Waals surface area contributed by atoms with Gasteiger partial charge in [-0.15, -0.1) is 11.3 Å². The van der Waals surface area contributed by atoms with E-state index in [4.69, 9.17) is 0 Å². The predicted molar refractivity (Wildman–Crippen MR) is 243 cm³/mol. The van der Waals surface area contributed by atoms with Crippen molar-refractivity contribution in [1.82, 2.24) is 4.40 Å². The maximum atomic E-state index is 2.68. The Kier molecular flexibility index (Phi) is 6.34. The van der Waals surface area contributed by atoms with Gasteiger partial charge in [0.25, 0.3) is 0 Å². The Morgan fingerprint density at radius 2 is 0.727 bits per heavy atom. The first-order valence-corrected chi connectivity index (χ1v) is 20.3. The third-order valence-electron chi connectivity index (χ3n) is 12.1. The number of nitrogens with zero attached hydrogens (tertiary/aromatic N) is 1. The molecule has 1 nitrogen and oxygen atoms in total. The molecule has 0 atom stereocenters. The molecule has 0 aliphatic rings. The molecule has 0 saturated carbocycles. The van der Waals surface area contributed by atoms with Gasteiger partial charge < -0.3 is 4.40 Å². The van der Waals surface area contributed by atoms with Crippen molar-refractivity contribution < 1.29 is 0 Å². The second-order valence-corrected chi connectivity index (χ2v) is 15.9. The molecule has 0 fully saturated rings.